The van der Waals surface area contributed by atoms with Gasteiger partial charge in [-0.1, -0.05) is 6.92 Å². The maximum absolute atomic E-state index is 11.1. The minimum Gasteiger partial charge on any atom is -0.448 e. The first-order valence-corrected chi connectivity index (χ1v) is 4.92. The maximum Gasteiger partial charge on any atom is 0.409 e. The van der Waals surface area contributed by atoms with Gasteiger partial charge in [0, 0.05) is 19.5 Å². The minimum atomic E-state index is -0.283. The normalized spacial score (nSPS) is 15.5. The fourth-order valence-corrected chi connectivity index (χ4v) is 1.27. The highest BCUT2D eigenvalue weighted by molar-refractivity contribution is 5.75. The molecule has 0 unspecified atom stereocenters. The third kappa shape index (κ3) is 3.24. The van der Waals surface area contributed by atoms with Crippen molar-refractivity contribution in [1.82, 2.24) is 10.2 Å². The lowest BCUT2D eigenvalue weighted by molar-refractivity contribution is -0.121. The fourth-order valence-electron chi connectivity index (χ4n) is 1.27. The molecular formula is C9H16N2O3. The molecule has 0 aromatic rings. The highest BCUT2D eigenvalue weighted by Gasteiger charge is 2.20. The number of carbonyl (C=O) groups is 2. The second kappa shape index (κ2) is 5.47. The summed E-state index contributed by atoms with van der Waals surface area (Å²) >= 11 is 0. The van der Waals surface area contributed by atoms with Crippen molar-refractivity contribution in [2.24, 2.45) is 0 Å². The van der Waals surface area contributed by atoms with E-state index in [2.05, 4.69) is 5.32 Å². The van der Waals surface area contributed by atoms with Crippen molar-refractivity contribution in [1.29, 1.82) is 0 Å². The Bertz CT molecular complexity index is 218. The smallest absolute Gasteiger partial charge is 0.409 e. The molecule has 1 fully saturated rings. The fraction of sp³-hybridized carbons (Fsp3) is 0.778. The number of ether oxygens (including phenoxy) is 1. The van der Waals surface area contributed by atoms with Crippen LogP contribution in [0.2, 0.25) is 0 Å². The average Bonchev–Trinajstić information content (AvgIpc) is 2.52. The Morgan fingerprint density at radius 3 is 3.00 bits per heavy atom. The quantitative estimate of drug-likeness (QED) is 0.697. The van der Waals surface area contributed by atoms with Gasteiger partial charge in [0.25, 0.3) is 0 Å². The first-order valence-electron chi connectivity index (χ1n) is 4.92. The number of rotatable bonds is 5. The van der Waals surface area contributed by atoms with E-state index in [0.29, 0.717) is 32.7 Å². The summed E-state index contributed by atoms with van der Waals surface area (Å²) in [5.74, 6) is 0.0417. The molecular weight excluding hydrogens is 184 g/mol. The zero-order valence-corrected chi connectivity index (χ0v) is 8.41. The van der Waals surface area contributed by atoms with Crippen LogP contribution >= 0.6 is 0 Å². The van der Waals surface area contributed by atoms with Gasteiger partial charge < -0.3 is 15.0 Å². The lowest BCUT2D eigenvalue weighted by Crippen LogP contribution is -2.35. The number of nitrogens with zero attached hydrogens (tertiary/aromatic N) is 1. The van der Waals surface area contributed by atoms with Crippen LogP contribution in [-0.4, -0.2) is 43.1 Å². The van der Waals surface area contributed by atoms with E-state index >= 15 is 0 Å². The van der Waals surface area contributed by atoms with Crippen molar-refractivity contribution >= 4 is 12.0 Å². The number of hydrogen-bond acceptors (Lipinski definition) is 3. The highest BCUT2D eigenvalue weighted by atomic mass is 16.6. The maximum atomic E-state index is 11.1. The second-order valence-electron chi connectivity index (χ2n) is 3.20. The molecule has 0 aliphatic carbocycles. The Morgan fingerprint density at radius 1 is 1.64 bits per heavy atom. The summed E-state index contributed by atoms with van der Waals surface area (Å²) in [4.78, 5) is 23.6. The van der Waals surface area contributed by atoms with Gasteiger partial charge in [-0.05, 0) is 6.42 Å². The molecule has 1 saturated heterocycles. The Kier molecular flexibility index (Phi) is 4.22. The zero-order chi connectivity index (χ0) is 10.4. The lowest BCUT2D eigenvalue weighted by atomic mass is 10.3. The summed E-state index contributed by atoms with van der Waals surface area (Å²) in [7, 11) is 0. The van der Waals surface area contributed by atoms with Crippen molar-refractivity contribution in [3.63, 3.8) is 0 Å². The van der Waals surface area contributed by atoms with Gasteiger partial charge in [0.05, 0.1) is 6.54 Å². The van der Waals surface area contributed by atoms with Gasteiger partial charge in [0.2, 0.25) is 5.91 Å². The third-order valence-electron chi connectivity index (χ3n) is 2.03. The molecule has 1 heterocycles. The Balaban J connectivity index is 2.08. The summed E-state index contributed by atoms with van der Waals surface area (Å²) < 4.78 is 4.74. The van der Waals surface area contributed by atoms with Crippen molar-refractivity contribution in [3.05, 3.63) is 0 Å². The molecule has 0 aromatic carbocycles. The van der Waals surface area contributed by atoms with Crippen LogP contribution in [0.25, 0.3) is 0 Å². The molecule has 5 nitrogen and oxygen atoms in total. The Labute approximate surface area is 83.4 Å². The van der Waals surface area contributed by atoms with Crippen molar-refractivity contribution in [3.8, 4) is 0 Å². The van der Waals surface area contributed by atoms with Gasteiger partial charge in [-0.2, -0.15) is 0 Å². The van der Waals surface area contributed by atoms with Gasteiger partial charge in [0.15, 0.2) is 0 Å². The van der Waals surface area contributed by atoms with E-state index in [4.69, 9.17) is 4.74 Å². The first-order chi connectivity index (χ1) is 6.74. The topological polar surface area (TPSA) is 58.6 Å². The molecule has 80 valence electrons. The largest absolute Gasteiger partial charge is 0.448 e. The molecule has 1 N–H and O–H groups in total. The van der Waals surface area contributed by atoms with E-state index in [1.807, 2.05) is 6.92 Å². The molecule has 0 saturated carbocycles. The van der Waals surface area contributed by atoms with Crippen LogP contribution in [0.3, 0.4) is 0 Å². The predicted octanol–water partition coefficient (Wildman–Crippen LogP) is 0.355. The molecule has 2 amide bonds. The molecule has 0 spiro atoms. The standard InChI is InChI=1S/C9H16N2O3/c1-2-3-8(12)10-4-5-11-6-7-14-9(11)13/h2-7H2,1H3,(H,10,12). The number of amides is 2. The molecule has 0 bridgehead atoms. The molecule has 0 atom stereocenters. The van der Waals surface area contributed by atoms with Crippen molar-refractivity contribution in [2.45, 2.75) is 19.8 Å². The number of nitrogens with one attached hydrogen (secondary N) is 1. The molecule has 1 rings (SSSR count). The van der Waals surface area contributed by atoms with Crippen molar-refractivity contribution < 1.29 is 14.3 Å². The van der Waals surface area contributed by atoms with Crippen LogP contribution in [0, 0.1) is 0 Å². The van der Waals surface area contributed by atoms with E-state index in [1.165, 1.54) is 0 Å². The molecule has 1 aliphatic rings. The number of cyclic esters (lactones) is 1. The zero-order valence-electron chi connectivity index (χ0n) is 8.41. The van der Waals surface area contributed by atoms with Gasteiger partial charge in [0.1, 0.15) is 6.61 Å². The van der Waals surface area contributed by atoms with E-state index in [0.717, 1.165) is 6.42 Å². The molecule has 0 aromatic heterocycles. The Morgan fingerprint density at radius 2 is 2.43 bits per heavy atom. The van der Waals surface area contributed by atoms with E-state index in [-0.39, 0.29) is 12.0 Å². The predicted molar refractivity (Wildman–Crippen MR) is 50.8 cm³/mol. The van der Waals surface area contributed by atoms with Gasteiger partial charge in [-0.15, -0.1) is 0 Å². The average molecular weight is 200 g/mol. The third-order valence-corrected chi connectivity index (χ3v) is 2.03. The van der Waals surface area contributed by atoms with E-state index < -0.39 is 0 Å². The van der Waals surface area contributed by atoms with Gasteiger partial charge in [-0.3, -0.25) is 4.79 Å². The minimum absolute atomic E-state index is 0.0417. The SMILES string of the molecule is CCCC(=O)NCCN1CCOC1=O. The highest BCUT2D eigenvalue weighted by Crippen LogP contribution is 2.01. The summed E-state index contributed by atoms with van der Waals surface area (Å²) in [6.45, 7) is 4.09. The van der Waals surface area contributed by atoms with Crippen LogP contribution in [0.5, 0.6) is 0 Å². The van der Waals surface area contributed by atoms with Crippen LogP contribution < -0.4 is 5.32 Å². The van der Waals surface area contributed by atoms with E-state index in [1.54, 1.807) is 4.90 Å². The van der Waals surface area contributed by atoms with E-state index in [9.17, 15) is 9.59 Å². The monoisotopic (exact) mass is 200 g/mol. The van der Waals surface area contributed by atoms with Gasteiger partial charge >= 0.3 is 6.09 Å². The van der Waals surface area contributed by atoms with Gasteiger partial charge in [-0.25, -0.2) is 4.79 Å². The van der Waals surface area contributed by atoms with Crippen molar-refractivity contribution in [2.75, 3.05) is 26.2 Å². The number of hydrogen-bond donors (Lipinski definition) is 1. The molecule has 5 heteroatoms. The lowest BCUT2D eigenvalue weighted by Gasteiger charge is -2.12. The summed E-state index contributed by atoms with van der Waals surface area (Å²) in [6.07, 6.45) is 1.11. The summed E-state index contributed by atoms with van der Waals surface area (Å²) in [5, 5.41) is 2.74. The number of carbonyl (C=O) groups excluding carboxylic acids is 2. The second-order valence-corrected chi connectivity index (χ2v) is 3.20. The summed E-state index contributed by atoms with van der Waals surface area (Å²) in [5.41, 5.74) is 0. The van der Waals surface area contributed by atoms with Crippen LogP contribution in [-0.2, 0) is 9.53 Å². The van der Waals surface area contributed by atoms with Crippen LogP contribution in [0.15, 0.2) is 0 Å². The molecule has 0 radical (unpaired) electrons. The Hall–Kier alpha value is -1.26. The first kappa shape index (κ1) is 10.8. The van der Waals surface area contributed by atoms with Crippen LogP contribution in [0.4, 0.5) is 4.79 Å². The summed E-state index contributed by atoms with van der Waals surface area (Å²) in [6, 6.07) is 0. The molecule has 14 heavy (non-hydrogen) atoms. The van der Waals surface area contributed by atoms with Crippen LogP contribution in [0.1, 0.15) is 19.8 Å². The molecule has 1 aliphatic heterocycles.